The Morgan fingerprint density at radius 3 is 2.45 bits per heavy atom. The van der Waals surface area contributed by atoms with E-state index in [9.17, 15) is 18.4 Å². The van der Waals surface area contributed by atoms with E-state index in [-0.39, 0.29) is 28.5 Å². The summed E-state index contributed by atoms with van der Waals surface area (Å²) in [4.78, 5) is 31.0. The van der Waals surface area contributed by atoms with Crippen LogP contribution in [0.2, 0.25) is 0 Å². The van der Waals surface area contributed by atoms with E-state index in [1.165, 1.54) is 6.92 Å². The van der Waals surface area contributed by atoms with Crippen LogP contribution >= 0.6 is 0 Å². The van der Waals surface area contributed by atoms with Gasteiger partial charge in [-0.2, -0.15) is 0 Å². The van der Waals surface area contributed by atoms with E-state index in [0.717, 1.165) is 40.3 Å². The third-order valence-electron chi connectivity index (χ3n) is 7.22. The van der Waals surface area contributed by atoms with Gasteiger partial charge in [-0.15, -0.1) is 0 Å². The lowest BCUT2D eigenvalue weighted by molar-refractivity contribution is 0.101. The van der Waals surface area contributed by atoms with E-state index in [2.05, 4.69) is 28.2 Å². The van der Waals surface area contributed by atoms with Crippen molar-refractivity contribution in [3.05, 3.63) is 98.7 Å². The first-order valence-corrected chi connectivity index (χ1v) is 12.6. The van der Waals surface area contributed by atoms with Gasteiger partial charge in [0, 0.05) is 72.7 Å². The molecule has 0 saturated carbocycles. The molecule has 8 heteroatoms. The number of ketones is 1. The number of benzene rings is 1. The lowest BCUT2D eigenvalue weighted by Crippen LogP contribution is -2.37. The Hall–Kier alpha value is -3.91. The molecule has 1 atom stereocenters. The zero-order chi connectivity index (χ0) is 27.6. The molecule has 1 unspecified atom stereocenters. The number of rotatable bonds is 7. The fourth-order valence-corrected chi connectivity index (χ4v) is 4.77. The normalized spacial score (nSPS) is 15.2. The predicted octanol–water partition coefficient (Wildman–Crippen LogP) is 5.64. The highest BCUT2D eigenvalue weighted by Crippen LogP contribution is 2.30. The summed E-state index contributed by atoms with van der Waals surface area (Å²) in [5.41, 5.74) is 4.66. The number of halogens is 2. The number of anilines is 1. The zero-order valence-corrected chi connectivity index (χ0v) is 22.3. The number of nitrogens with one attached hydrogen (secondary N) is 1. The Kier molecular flexibility index (Phi) is 8.02. The maximum absolute atomic E-state index is 14.7. The highest BCUT2D eigenvalue weighted by atomic mass is 19.1. The smallest absolute Gasteiger partial charge is 0.257 e. The van der Waals surface area contributed by atoms with Crippen molar-refractivity contribution in [2.75, 3.05) is 25.5 Å². The van der Waals surface area contributed by atoms with Gasteiger partial charge in [0.1, 0.15) is 11.6 Å². The number of carbonyl (C=O) groups is 1. The Morgan fingerprint density at radius 2 is 1.87 bits per heavy atom. The number of Topliss-reactive ketones (excluding diaryl/α,β-unsaturated/α-hetero) is 1. The summed E-state index contributed by atoms with van der Waals surface area (Å²) in [6.45, 7) is 8.47. The van der Waals surface area contributed by atoms with Crippen molar-refractivity contribution >= 4 is 23.1 Å². The molecule has 0 fully saturated rings. The number of carbonyl (C=O) groups excluding carboxylic acids is 1. The maximum Gasteiger partial charge on any atom is 0.257 e. The molecule has 1 aliphatic rings. The van der Waals surface area contributed by atoms with E-state index in [0.29, 0.717) is 25.1 Å². The molecule has 1 aliphatic heterocycles. The molecular formula is C30H32F2N4O2. The van der Waals surface area contributed by atoms with Gasteiger partial charge in [0.2, 0.25) is 0 Å². The number of pyridine rings is 2. The minimum absolute atomic E-state index is 0.0291. The summed E-state index contributed by atoms with van der Waals surface area (Å²) in [6, 6.07) is 7.48. The van der Waals surface area contributed by atoms with Crippen LogP contribution in [-0.2, 0) is 0 Å². The number of hydrogen-bond donors (Lipinski definition) is 1. The lowest BCUT2D eigenvalue weighted by Gasteiger charge is -2.33. The van der Waals surface area contributed by atoms with E-state index in [1.807, 2.05) is 32.1 Å². The van der Waals surface area contributed by atoms with Gasteiger partial charge in [-0.05, 0) is 64.0 Å². The molecule has 0 bridgehead atoms. The second-order valence-electron chi connectivity index (χ2n) is 9.61. The molecule has 0 amide bonds. The highest BCUT2D eigenvalue weighted by Gasteiger charge is 2.23. The molecule has 3 heterocycles. The van der Waals surface area contributed by atoms with Gasteiger partial charge in [0.25, 0.3) is 5.56 Å². The minimum Gasteiger partial charge on any atom is -0.388 e. The number of nitrogens with zero attached hydrogens (tertiary/aromatic N) is 3. The second-order valence-corrected chi connectivity index (χ2v) is 9.61. The number of aromatic nitrogens is 2. The average Bonchev–Trinajstić information content (AvgIpc) is 2.89. The Balaban J connectivity index is 1.59. The van der Waals surface area contributed by atoms with Crippen molar-refractivity contribution in [2.24, 2.45) is 0 Å². The van der Waals surface area contributed by atoms with Gasteiger partial charge in [-0.25, -0.2) is 8.78 Å². The summed E-state index contributed by atoms with van der Waals surface area (Å²) in [5, 5.41) is 2.98. The van der Waals surface area contributed by atoms with E-state index in [4.69, 9.17) is 0 Å². The van der Waals surface area contributed by atoms with Crippen LogP contribution in [-0.4, -0.2) is 46.4 Å². The van der Waals surface area contributed by atoms with Crippen LogP contribution < -0.4 is 10.9 Å². The largest absolute Gasteiger partial charge is 0.388 e. The van der Waals surface area contributed by atoms with E-state index in [1.54, 1.807) is 30.1 Å². The van der Waals surface area contributed by atoms with E-state index >= 15 is 0 Å². The molecule has 0 radical (unpaired) electrons. The molecule has 1 aromatic carbocycles. The molecule has 4 rings (SSSR count). The van der Waals surface area contributed by atoms with Crippen molar-refractivity contribution in [1.29, 1.82) is 0 Å². The van der Waals surface area contributed by atoms with Gasteiger partial charge < -0.3 is 5.32 Å². The minimum atomic E-state index is -0.711. The molecule has 198 valence electrons. The van der Waals surface area contributed by atoms with Crippen molar-refractivity contribution in [1.82, 2.24) is 14.5 Å². The van der Waals surface area contributed by atoms with Gasteiger partial charge in [-0.3, -0.25) is 24.0 Å². The van der Waals surface area contributed by atoms with Gasteiger partial charge in [0.15, 0.2) is 5.78 Å². The van der Waals surface area contributed by atoms with Crippen molar-refractivity contribution in [3.63, 3.8) is 0 Å². The molecule has 38 heavy (non-hydrogen) atoms. The second kappa shape index (κ2) is 11.2. The van der Waals surface area contributed by atoms with Crippen LogP contribution in [0, 0.1) is 18.6 Å². The number of hydrogen-bond acceptors (Lipinski definition) is 5. The van der Waals surface area contributed by atoms with Gasteiger partial charge in [-0.1, -0.05) is 17.7 Å². The molecule has 6 nitrogen and oxygen atoms in total. The van der Waals surface area contributed by atoms with Gasteiger partial charge in [0.05, 0.1) is 5.69 Å². The van der Waals surface area contributed by atoms with Crippen LogP contribution in [0.25, 0.3) is 17.3 Å². The summed E-state index contributed by atoms with van der Waals surface area (Å²) >= 11 is 0. The van der Waals surface area contributed by atoms with Crippen LogP contribution in [0.5, 0.6) is 0 Å². The van der Waals surface area contributed by atoms with Crippen LogP contribution in [0.4, 0.5) is 14.5 Å². The quantitative estimate of drug-likeness (QED) is 0.410. The van der Waals surface area contributed by atoms with Crippen molar-refractivity contribution in [3.8, 4) is 5.69 Å². The number of aryl methyl sites for hydroxylation is 1. The molecule has 1 N–H and O–H groups in total. The summed E-state index contributed by atoms with van der Waals surface area (Å²) in [6.07, 6.45) is 7.83. The van der Waals surface area contributed by atoms with E-state index < -0.39 is 11.6 Å². The third kappa shape index (κ3) is 5.50. The fraction of sp³-hybridized carbons (Fsp3) is 0.300. The average molecular weight is 519 g/mol. The lowest BCUT2D eigenvalue weighted by atomic mass is 9.95. The Labute approximate surface area is 221 Å². The van der Waals surface area contributed by atoms with Crippen LogP contribution in [0.3, 0.4) is 0 Å². The van der Waals surface area contributed by atoms with Crippen molar-refractivity contribution < 1.29 is 13.6 Å². The predicted molar refractivity (Wildman–Crippen MR) is 148 cm³/mol. The van der Waals surface area contributed by atoms with Crippen molar-refractivity contribution in [2.45, 2.75) is 40.2 Å². The zero-order valence-electron chi connectivity index (χ0n) is 22.3. The molecule has 0 spiro atoms. The molecule has 0 aliphatic carbocycles. The summed E-state index contributed by atoms with van der Waals surface area (Å²) in [7, 11) is 1.77. The summed E-state index contributed by atoms with van der Waals surface area (Å²) in [5.74, 6) is -1.80. The molecular weight excluding hydrogens is 486 g/mol. The SMILES string of the molecule is CNc1ccn(-c2ccnc(C)c2/C=C(\C)C(C)N2CC=C(c3c(F)cc(C(C)=O)cc3F)CC2)c(=O)c1. The third-order valence-corrected chi connectivity index (χ3v) is 7.22. The highest BCUT2D eigenvalue weighted by molar-refractivity contribution is 5.94. The standard InChI is InChI=1S/C30H32F2N4O2/c1-18(14-25-19(2)34-10-6-28(25)36-13-9-24(33-5)17-29(36)38)20(3)35-11-7-22(8-12-35)30-26(31)15-23(21(4)37)16-27(30)32/h6-7,9-10,13-17,20,33H,8,11-12H2,1-5H3/b18-14+. The Bertz CT molecular complexity index is 1480. The first-order chi connectivity index (χ1) is 18.1. The first kappa shape index (κ1) is 27.1. The topological polar surface area (TPSA) is 67.2 Å². The molecule has 0 saturated heterocycles. The van der Waals surface area contributed by atoms with Crippen LogP contribution in [0.15, 0.2) is 59.2 Å². The fourth-order valence-electron chi connectivity index (χ4n) is 4.77. The maximum atomic E-state index is 14.7. The Morgan fingerprint density at radius 1 is 1.16 bits per heavy atom. The van der Waals surface area contributed by atoms with Crippen LogP contribution in [0.1, 0.15) is 54.4 Å². The monoisotopic (exact) mass is 518 g/mol. The first-order valence-electron chi connectivity index (χ1n) is 12.6. The summed E-state index contributed by atoms with van der Waals surface area (Å²) < 4.78 is 31.0. The van der Waals surface area contributed by atoms with Gasteiger partial charge >= 0.3 is 0 Å². The molecule has 2 aromatic heterocycles. The molecule has 3 aromatic rings.